The summed E-state index contributed by atoms with van der Waals surface area (Å²) >= 11 is 0. The molecule has 4 rings (SSSR count). The third-order valence-electron chi connectivity index (χ3n) is 4.57. The molecule has 1 amide bonds. The van der Waals surface area contributed by atoms with Gasteiger partial charge in [0.05, 0.1) is 5.56 Å². The Bertz CT molecular complexity index is 1090. The smallest absolute Gasteiger partial charge is 0.259 e. The Kier molecular flexibility index (Phi) is 6.06. The maximum atomic E-state index is 12.8. The maximum absolute atomic E-state index is 12.8. The number of nitrogens with one attached hydrogen (secondary N) is 2. The maximum Gasteiger partial charge on any atom is 0.259 e. The Morgan fingerprint density at radius 3 is 1.93 bits per heavy atom. The highest BCUT2D eigenvalue weighted by atomic mass is 16.5. The van der Waals surface area contributed by atoms with E-state index in [0.29, 0.717) is 17.9 Å². The topological polar surface area (TPSA) is 50.4 Å². The first kappa shape index (κ1) is 19.3. The third kappa shape index (κ3) is 5.06. The molecule has 30 heavy (non-hydrogen) atoms. The Hall–Kier alpha value is -4.05. The standard InChI is InChI=1S/C26H22N2O2/c29-26(24-13-7-8-14-25(24)30-19-20-9-3-1-4-10-20)28-23-17-15-22(16-18-23)27-21-11-5-2-6-12-21/h1-18,27H,19H2,(H,28,29). The van der Waals surface area contributed by atoms with Gasteiger partial charge in [0.15, 0.2) is 0 Å². The molecule has 0 atom stereocenters. The van der Waals surface area contributed by atoms with Gasteiger partial charge in [-0.25, -0.2) is 0 Å². The van der Waals surface area contributed by atoms with Crippen molar-refractivity contribution in [2.75, 3.05) is 10.6 Å². The van der Waals surface area contributed by atoms with Crippen LogP contribution in [0.25, 0.3) is 0 Å². The summed E-state index contributed by atoms with van der Waals surface area (Å²) in [5.41, 5.74) is 4.23. The highest BCUT2D eigenvalue weighted by Gasteiger charge is 2.12. The first-order valence-electron chi connectivity index (χ1n) is 9.77. The molecule has 4 heteroatoms. The van der Waals surface area contributed by atoms with Crippen LogP contribution in [0, 0.1) is 0 Å². The van der Waals surface area contributed by atoms with E-state index in [1.807, 2.05) is 103 Å². The third-order valence-corrected chi connectivity index (χ3v) is 4.57. The quantitative estimate of drug-likeness (QED) is 0.389. The molecule has 2 N–H and O–H groups in total. The predicted octanol–water partition coefficient (Wildman–Crippen LogP) is 6.26. The van der Waals surface area contributed by atoms with Crippen molar-refractivity contribution in [2.45, 2.75) is 6.61 Å². The van der Waals surface area contributed by atoms with Crippen LogP contribution in [0.3, 0.4) is 0 Å². The number of carbonyl (C=O) groups excluding carboxylic acids is 1. The van der Waals surface area contributed by atoms with Gasteiger partial charge in [-0.3, -0.25) is 4.79 Å². The molecule has 0 aliphatic carbocycles. The molecule has 0 fully saturated rings. The van der Waals surface area contributed by atoms with Crippen molar-refractivity contribution in [1.82, 2.24) is 0 Å². The molecule has 0 saturated heterocycles. The molecule has 4 nitrogen and oxygen atoms in total. The minimum Gasteiger partial charge on any atom is -0.488 e. The van der Waals surface area contributed by atoms with E-state index in [-0.39, 0.29) is 5.91 Å². The molecule has 0 saturated carbocycles. The average molecular weight is 394 g/mol. The summed E-state index contributed by atoms with van der Waals surface area (Å²) in [6, 6.07) is 34.7. The number of carbonyl (C=O) groups is 1. The number of para-hydroxylation sites is 2. The van der Waals surface area contributed by atoms with Crippen molar-refractivity contribution in [1.29, 1.82) is 0 Å². The van der Waals surface area contributed by atoms with Gasteiger partial charge in [0.2, 0.25) is 0 Å². The van der Waals surface area contributed by atoms with E-state index in [4.69, 9.17) is 4.74 Å². The van der Waals surface area contributed by atoms with Gasteiger partial charge < -0.3 is 15.4 Å². The van der Waals surface area contributed by atoms with Gasteiger partial charge >= 0.3 is 0 Å². The Labute approximate surface area is 176 Å². The van der Waals surface area contributed by atoms with Gasteiger partial charge in [-0.05, 0) is 54.1 Å². The fraction of sp³-hybridized carbons (Fsp3) is 0.0385. The molecule has 0 spiro atoms. The van der Waals surface area contributed by atoms with Gasteiger partial charge in [-0.2, -0.15) is 0 Å². The van der Waals surface area contributed by atoms with E-state index in [2.05, 4.69) is 10.6 Å². The van der Waals surface area contributed by atoms with Crippen molar-refractivity contribution in [3.05, 3.63) is 120 Å². The summed E-state index contributed by atoms with van der Waals surface area (Å²) in [6.45, 7) is 0.408. The number of anilines is 3. The van der Waals surface area contributed by atoms with Crippen LogP contribution in [0.5, 0.6) is 5.75 Å². The van der Waals surface area contributed by atoms with E-state index < -0.39 is 0 Å². The number of hydrogen-bond donors (Lipinski definition) is 2. The van der Waals surface area contributed by atoms with Crippen molar-refractivity contribution in [3.63, 3.8) is 0 Å². The van der Waals surface area contributed by atoms with Gasteiger partial charge in [0.1, 0.15) is 12.4 Å². The van der Waals surface area contributed by atoms with Crippen LogP contribution in [0.1, 0.15) is 15.9 Å². The Balaban J connectivity index is 1.41. The molecule has 0 radical (unpaired) electrons. The zero-order chi connectivity index (χ0) is 20.6. The van der Waals surface area contributed by atoms with E-state index in [1.165, 1.54) is 0 Å². The lowest BCUT2D eigenvalue weighted by molar-refractivity contribution is 0.102. The minimum atomic E-state index is -0.206. The minimum absolute atomic E-state index is 0.206. The lowest BCUT2D eigenvalue weighted by Crippen LogP contribution is -2.13. The Morgan fingerprint density at radius 2 is 1.20 bits per heavy atom. The lowest BCUT2D eigenvalue weighted by atomic mass is 10.1. The van der Waals surface area contributed by atoms with E-state index in [0.717, 1.165) is 22.6 Å². The second-order valence-corrected chi connectivity index (χ2v) is 6.79. The first-order valence-corrected chi connectivity index (χ1v) is 9.77. The van der Waals surface area contributed by atoms with Crippen LogP contribution in [0.4, 0.5) is 17.1 Å². The number of hydrogen-bond acceptors (Lipinski definition) is 3. The number of amides is 1. The van der Waals surface area contributed by atoms with Crippen molar-refractivity contribution in [3.8, 4) is 5.75 Å². The molecule has 0 bridgehead atoms. The zero-order valence-electron chi connectivity index (χ0n) is 16.4. The summed E-state index contributed by atoms with van der Waals surface area (Å²) in [6.07, 6.45) is 0. The van der Waals surface area contributed by atoms with Crippen LogP contribution < -0.4 is 15.4 Å². The zero-order valence-corrected chi connectivity index (χ0v) is 16.4. The summed E-state index contributed by atoms with van der Waals surface area (Å²) in [7, 11) is 0. The van der Waals surface area contributed by atoms with E-state index in [1.54, 1.807) is 6.07 Å². The summed E-state index contributed by atoms with van der Waals surface area (Å²) < 4.78 is 5.90. The largest absolute Gasteiger partial charge is 0.488 e. The molecule has 4 aromatic carbocycles. The monoisotopic (exact) mass is 394 g/mol. The van der Waals surface area contributed by atoms with Crippen LogP contribution in [0.2, 0.25) is 0 Å². The highest BCUT2D eigenvalue weighted by Crippen LogP contribution is 2.23. The molecule has 0 heterocycles. The molecule has 0 unspecified atom stereocenters. The normalized spacial score (nSPS) is 10.3. The molecule has 0 aliphatic rings. The summed E-state index contributed by atoms with van der Waals surface area (Å²) in [5, 5.41) is 6.27. The van der Waals surface area contributed by atoms with Gasteiger partial charge in [-0.15, -0.1) is 0 Å². The average Bonchev–Trinajstić information content (AvgIpc) is 2.80. The first-order chi connectivity index (χ1) is 14.8. The van der Waals surface area contributed by atoms with Crippen molar-refractivity contribution >= 4 is 23.0 Å². The highest BCUT2D eigenvalue weighted by molar-refractivity contribution is 6.06. The fourth-order valence-corrected chi connectivity index (χ4v) is 3.04. The number of rotatable bonds is 7. The molecule has 4 aromatic rings. The summed E-state index contributed by atoms with van der Waals surface area (Å²) in [5.74, 6) is 0.351. The van der Waals surface area contributed by atoms with Gasteiger partial charge in [0.25, 0.3) is 5.91 Å². The van der Waals surface area contributed by atoms with Crippen LogP contribution in [-0.2, 0) is 6.61 Å². The van der Waals surface area contributed by atoms with Gasteiger partial charge in [0, 0.05) is 17.1 Å². The fourth-order valence-electron chi connectivity index (χ4n) is 3.04. The van der Waals surface area contributed by atoms with Crippen LogP contribution in [-0.4, -0.2) is 5.91 Å². The number of ether oxygens (including phenoxy) is 1. The van der Waals surface area contributed by atoms with E-state index >= 15 is 0 Å². The van der Waals surface area contributed by atoms with Crippen molar-refractivity contribution in [2.24, 2.45) is 0 Å². The molecular formula is C26H22N2O2. The molecule has 0 aliphatic heterocycles. The molecule has 0 aromatic heterocycles. The second kappa shape index (κ2) is 9.43. The SMILES string of the molecule is O=C(Nc1ccc(Nc2ccccc2)cc1)c1ccccc1OCc1ccccc1. The predicted molar refractivity (Wildman–Crippen MR) is 121 cm³/mol. The molecule has 148 valence electrons. The second-order valence-electron chi connectivity index (χ2n) is 6.79. The van der Waals surface area contributed by atoms with Crippen LogP contribution >= 0.6 is 0 Å². The Morgan fingerprint density at radius 1 is 0.633 bits per heavy atom. The van der Waals surface area contributed by atoms with Crippen molar-refractivity contribution < 1.29 is 9.53 Å². The number of benzene rings is 4. The van der Waals surface area contributed by atoms with Gasteiger partial charge in [-0.1, -0.05) is 60.7 Å². The molecular weight excluding hydrogens is 372 g/mol. The van der Waals surface area contributed by atoms with E-state index in [9.17, 15) is 4.79 Å². The summed E-state index contributed by atoms with van der Waals surface area (Å²) in [4.78, 5) is 12.8. The lowest BCUT2D eigenvalue weighted by Gasteiger charge is -2.12. The van der Waals surface area contributed by atoms with Crippen LogP contribution in [0.15, 0.2) is 109 Å².